The Balaban J connectivity index is 1.99. The van der Waals surface area contributed by atoms with E-state index in [1.807, 2.05) is 0 Å². The molecule has 0 saturated carbocycles. The van der Waals surface area contributed by atoms with Gasteiger partial charge in [-0.1, -0.05) is 31.2 Å². The van der Waals surface area contributed by atoms with Crippen LogP contribution in [0.15, 0.2) is 48.5 Å². The molecule has 1 heterocycles. The lowest BCUT2D eigenvalue weighted by molar-refractivity contribution is 0.863. The van der Waals surface area contributed by atoms with Gasteiger partial charge in [0.05, 0.1) is 11.4 Å². The van der Waals surface area contributed by atoms with Crippen LogP contribution in [0.5, 0.6) is 0 Å². The Hall–Kier alpha value is -1.96. The summed E-state index contributed by atoms with van der Waals surface area (Å²) in [5, 5.41) is 3.51. The summed E-state index contributed by atoms with van der Waals surface area (Å²) in [6, 6.07) is 17.5. The molecule has 2 nitrogen and oxygen atoms in total. The lowest BCUT2D eigenvalue weighted by Gasteiger charge is -2.24. The first-order chi connectivity index (χ1) is 9.38. The second-order valence-electron chi connectivity index (χ2n) is 4.97. The van der Waals surface area contributed by atoms with Crippen molar-refractivity contribution in [3.05, 3.63) is 54.1 Å². The van der Waals surface area contributed by atoms with Gasteiger partial charge in [0.25, 0.3) is 0 Å². The number of rotatable bonds is 2. The highest BCUT2D eigenvalue weighted by molar-refractivity contribution is 5.77. The van der Waals surface area contributed by atoms with E-state index in [0.717, 1.165) is 25.9 Å². The number of fused-ring (bicyclic) bond motifs is 1. The topological polar surface area (TPSA) is 15.3 Å². The summed E-state index contributed by atoms with van der Waals surface area (Å²) < 4.78 is 0. The van der Waals surface area contributed by atoms with Crippen molar-refractivity contribution in [2.75, 3.05) is 23.3 Å². The quantitative estimate of drug-likeness (QED) is 0.861. The van der Waals surface area contributed by atoms with Crippen molar-refractivity contribution in [1.82, 2.24) is 0 Å². The van der Waals surface area contributed by atoms with Crippen LogP contribution in [0.1, 0.15) is 18.9 Å². The zero-order valence-electron chi connectivity index (χ0n) is 11.4. The Bertz CT molecular complexity index is 545. The summed E-state index contributed by atoms with van der Waals surface area (Å²) in [5.41, 5.74) is 5.20. The van der Waals surface area contributed by atoms with E-state index >= 15 is 0 Å². The summed E-state index contributed by atoms with van der Waals surface area (Å²) in [6.07, 6.45) is 2.25. The maximum absolute atomic E-state index is 3.51. The Labute approximate surface area is 115 Å². The minimum absolute atomic E-state index is 1.04. The maximum Gasteiger partial charge on any atom is 0.0646 e. The van der Waals surface area contributed by atoms with E-state index in [1.54, 1.807) is 0 Å². The molecule has 1 aliphatic rings. The fraction of sp³-hybridized carbons (Fsp3) is 0.294. The van der Waals surface area contributed by atoms with Crippen LogP contribution >= 0.6 is 0 Å². The molecular weight excluding hydrogens is 232 g/mol. The van der Waals surface area contributed by atoms with Gasteiger partial charge >= 0.3 is 0 Å². The van der Waals surface area contributed by atoms with Crippen LogP contribution in [-0.4, -0.2) is 13.1 Å². The highest BCUT2D eigenvalue weighted by atomic mass is 15.2. The molecule has 2 aromatic rings. The number of nitrogens with zero attached hydrogens (tertiary/aromatic N) is 1. The smallest absolute Gasteiger partial charge is 0.0646 e. The van der Waals surface area contributed by atoms with Crippen molar-refractivity contribution in [3.63, 3.8) is 0 Å². The average molecular weight is 252 g/mol. The van der Waals surface area contributed by atoms with Gasteiger partial charge in [0.1, 0.15) is 0 Å². The third-order valence-corrected chi connectivity index (χ3v) is 3.73. The molecule has 1 N–H and O–H groups in total. The number of hydrogen-bond donors (Lipinski definition) is 1. The van der Waals surface area contributed by atoms with Crippen LogP contribution in [0.2, 0.25) is 0 Å². The van der Waals surface area contributed by atoms with Gasteiger partial charge in [-0.05, 0) is 42.7 Å². The average Bonchev–Trinajstić information content (AvgIpc) is 2.70. The lowest BCUT2D eigenvalue weighted by Crippen LogP contribution is -2.17. The molecule has 0 aromatic heterocycles. The highest BCUT2D eigenvalue weighted by Crippen LogP contribution is 2.33. The molecule has 2 heteroatoms. The third-order valence-electron chi connectivity index (χ3n) is 3.73. The molecule has 98 valence electrons. The molecule has 0 spiro atoms. The van der Waals surface area contributed by atoms with Crippen LogP contribution in [0.3, 0.4) is 0 Å². The molecule has 0 saturated heterocycles. The number of nitrogens with one attached hydrogen (secondary N) is 1. The van der Waals surface area contributed by atoms with E-state index in [-0.39, 0.29) is 0 Å². The first-order valence-electron chi connectivity index (χ1n) is 7.08. The Morgan fingerprint density at radius 1 is 1.05 bits per heavy atom. The Morgan fingerprint density at radius 2 is 1.84 bits per heavy atom. The van der Waals surface area contributed by atoms with Crippen molar-refractivity contribution in [3.8, 4) is 0 Å². The van der Waals surface area contributed by atoms with Crippen molar-refractivity contribution >= 4 is 17.1 Å². The van der Waals surface area contributed by atoms with Crippen molar-refractivity contribution in [2.24, 2.45) is 0 Å². The summed E-state index contributed by atoms with van der Waals surface area (Å²) in [6.45, 7) is 4.30. The Kier molecular flexibility index (Phi) is 3.41. The van der Waals surface area contributed by atoms with E-state index in [9.17, 15) is 0 Å². The van der Waals surface area contributed by atoms with Crippen molar-refractivity contribution < 1.29 is 0 Å². The summed E-state index contributed by atoms with van der Waals surface area (Å²) in [7, 11) is 0. The SMILES string of the molecule is CCc1ccc(N2CCCNc3ccccc32)cc1. The zero-order valence-corrected chi connectivity index (χ0v) is 11.4. The van der Waals surface area contributed by atoms with Crippen molar-refractivity contribution in [1.29, 1.82) is 0 Å². The summed E-state index contributed by atoms with van der Waals surface area (Å²) in [4.78, 5) is 2.41. The van der Waals surface area contributed by atoms with Gasteiger partial charge < -0.3 is 10.2 Å². The molecular formula is C17H20N2. The number of para-hydroxylation sites is 2. The van der Waals surface area contributed by atoms with Gasteiger partial charge in [0.2, 0.25) is 0 Å². The molecule has 0 unspecified atom stereocenters. The predicted molar refractivity (Wildman–Crippen MR) is 82.4 cm³/mol. The second kappa shape index (κ2) is 5.35. The third kappa shape index (κ3) is 2.43. The molecule has 2 aromatic carbocycles. The van der Waals surface area contributed by atoms with E-state index in [2.05, 4.69) is 65.7 Å². The summed E-state index contributed by atoms with van der Waals surface area (Å²) in [5.74, 6) is 0. The molecule has 3 rings (SSSR count). The second-order valence-corrected chi connectivity index (χ2v) is 4.97. The largest absolute Gasteiger partial charge is 0.383 e. The zero-order chi connectivity index (χ0) is 13.1. The maximum atomic E-state index is 3.51. The number of benzene rings is 2. The van der Waals surface area contributed by atoms with Crippen LogP contribution in [0.4, 0.5) is 17.1 Å². The summed E-state index contributed by atoms with van der Waals surface area (Å²) >= 11 is 0. The number of anilines is 3. The van der Waals surface area contributed by atoms with E-state index < -0.39 is 0 Å². The molecule has 0 amide bonds. The van der Waals surface area contributed by atoms with Crippen molar-refractivity contribution in [2.45, 2.75) is 19.8 Å². The van der Waals surface area contributed by atoms with Crippen LogP contribution in [-0.2, 0) is 6.42 Å². The van der Waals surface area contributed by atoms with E-state index in [0.29, 0.717) is 0 Å². The highest BCUT2D eigenvalue weighted by Gasteiger charge is 2.15. The minimum Gasteiger partial charge on any atom is -0.383 e. The molecule has 0 atom stereocenters. The van der Waals surface area contributed by atoms with Crippen LogP contribution < -0.4 is 10.2 Å². The normalized spacial score (nSPS) is 14.5. The van der Waals surface area contributed by atoms with E-state index in [1.165, 1.54) is 22.6 Å². The fourth-order valence-corrected chi connectivity index (χ4v) is 2.62. The standard InChI is InChI=1S/C17H20N2/c1-2-14-8-10-15(11-9-14)19-13-5-12-18-16-6-3-4-7-17(16)19/h3-4,6-11,18H,2,5,12-13H2,1H3. The van der Waals surface area contributed by atoms with Gasteiger partial charge in [-0.25, -0.2) is 0 Å². The van der Waals surface area contributed by atoms with Gasteiger partial charge in [-0.3, -0.25) is 0 Å². The van der Waals surface area contributed by atoms with Gasteiger partial charge in [0, 0.05) is 18.8 Å². The molecule has 0 aliphatic carbocycles. The Morgan fingerprint density at radius 3 is 2.63 bits per heavy atom. The first kappa shape index (κ1) is 12.1. The minimum atomic E-state index is 1.04. The lowest BCUT2D eigenvalue weighted by atomic mass is 10.1. The first-order valence-corrected chi connectivity index (χ1v) is 7.08. The van der Waals surface area contributed by atoms with E-state index in [4.69, 9.17) is 0 Å². The molecule has 19 heavy (non-hydrogen) atoms. The van der Waals surface area contributed by atoms with Gasteiger partial charge in [-0.15, -0.1) is 0 Å². The monoisotopic (exact) mass is 252 g/mol. The molecule has 0 fully saturated rings. The molecule has 1 aliphatic heterocycles. The van der Waals surface area contributed by atoms with Crippen LogP contribution in [0.25, 0.3) is 0 Å². The molecule has 0 bridgehead atoms. The number of aryl methyl sites for hydroxylation is 1. The van der Waals surface area contributed by atoms with Gasteiger partial charge in [0.15, 0.2) is 0 Å². The molecule has 0 radical (unpaired) electrons. The predicted octanol–water partition coefficient (Wildman–Crippen LogP) is 4.20. The van der Waals surface area contributed by atoms with Crippen LogP contribution in [0, 0.1) is 0 Å². The van der Waals surface area contributed by atoms with Gasteiger partial charge in [-0.2, -0.15) is 0 Å². The number of hydrogen-bond acceptors (Lipinski definition) is 2. The fourth-order valence-electron chi connectivity index (χ4n) is 2.62.